The third-order valence-corrected chi connectivity index (χ3v) is 4.30. The van der Waals surface area contributed by atoms with Gasteiger partial charge in [0.25, 0.3) is 0 Å². The minimum Gasteiger partial charge on any atom is -0.480 e. The summed E-state index contributed by atoms with van der Waals surface area (Å²) in [7, 11) is 0. The van der Waals surface area contributed by atoms with Gasteiger partial charge >= 0.3 is 12.0 Å². The molecule has 0 aliphatic rings. The van der Waals surface area contributed by atoms with E-state index in [4.69, 9.17) is 5.11 Å². The second kappa shape index (κ2) is 6.89. The first-order valence-corrected chi connectivity index (χ1v) is 7.71. The van der Waals surface area contributed by atoms with Crippen molar-refractivity contribution in [3.8, 4) is 0 Å². The summed E-state index contributed by atoms with van der Waals surface area (Å²) in [4.78, 5) is 30.0. The molecule has 1 rings (SSSR count). The van der Waals surface area contributed by atoms with Gasteiger partial charge in [0.15, 0.2) is 0 Å². The van der Waals surface area contributed by atoms with Gasteiger partial charge in [0, 0.05) is 16.6 Å². The van der Waals surface area contributed by atoms with Gasteiger partial charge in [-0.3, -0.25) is 4.79 Å². The van der Waals surface area contributed by atoms with Crippen molar-refractivity contribution in [2.24, 2.45) is 0 Å². The number of carbonyl (C=O) groups is 2. The van der Waals surface area contributed by atoms with Crippen molar-refractivity contribution in [1.82, 2.24) is 15.2 Å². The maximum atomic E-state index is 12.3. The molecule has 0 aliphatic carbocycles. The Hall–Kier alpha value is -1.63. The number of urea groups is 1. The largest absolute Gasteiger partial charge is 0.480 e. The number of thiazole rings is 1. The lowest BCUT2D eigenvalue weighted by atomic mass is 10.1. The van der Waals surface area contributed by atoms with Crippen molar-refractivity contribution in [3.05, 3.63) is 16.1 Å². The van der Waals surface area contributed by atoms with E-state index >= 15 is 0 Å². The zero-order valence-electron chi connectivity index (χ0n) is 13.1. The van der Waals surface area contributed by atoms with E-state index in [1.165, 1.54) is 4.90 Å². The molecule has 0 bridgehead atoms. The average molecular weight is 313 g/mol. The first-order valence-electron chi connectivity index (χ1n) is 6.89. The minimum absolute atomic E-state index is 0.249. The number of hydrogen-bond donors (Lipinski definition) is 2. The van der Waals surface area contributed by atoms with Crippen molar-refractivity contribution in [1.29, 1.82) is 0 Å². The van der Waals surface area contributed by atoms with Crippen LogP contribution in [0, 0.1) is 0 Å². The smallest absolute Gasteiger partial charge is 0.323 e. The molecule has 0 aliphatic heterocycles. The summed E-state index contributed by atoms with van der Waals surface area (Å²) in [5.41, 5.74) is -0.570. The van der Waals surface area contributed by atoms with Gasteiger partial charge in [0.2, 0.25) is 0 Å². The lowest BCUT2D eigenvalue weighted by Crippen LogP contribution is -2.52. The molecule has 0 saturated carbocycles. The SMILES string of the molecule is CCc1cnc(C(C)NC(=O)N(CC(=O)O)C(C)(C)C)s1. The summed E-state index contributed by atoms with van der Waals surface area (Å²) in [5, 5.41) is 12.6. The van der Waals surface area contributed by atoms with E-state index in [0.717, 1.165) is 16.3 Å². The highest BCUT2D eigenvalue weighted by atomic mass is 32.1. The van der Waals surface area contributed by atoms with Gasteiger partial charge in [-0.05, 0) is 34.1 Å². The fourth-order valence-corrected chi connectivity index (χ4v) is 2.62. The van der Waals surface area contributed by atoms with Crippen molar-refractivity contribution >= 4 is 23.3 Å². The number of aromatic nitrogens is 1. The van der Waals surface area contributed by atoms with Crippen molar-refractivity contribution in [3.63, 3.8) is 0 Å². The fourth-order valence-electron chi connectivity index (χ4n) is 1.76. The van der Waals surface area contributed by atoms with Crippen LogP contribution in [0.2, 0.25) is 0 Å². The lowest BCUT2D eigenvalue weighted by molar-refractivity contribution is -0.138. The van der Waals surface area contributed by atoms with Crippen LogP contribution in [0.1, 0.15) is 50.5 Å². The Bertz CT molecular complexity index is 508. The number of carboxylic acids is 1. The van der Waals surface area contributed by atoms with E-state index in [9.17, 15) is 9.59 Å². The molecule has 1 heterocycles. The Labute approximate surface area is 129 Å². The number of aliphatic carboxylic acids is 1. The summed E-state index contributed by atoms with van der Waals surface area (Å²) in [6, 6.07) is -0.646. The zero-order valence-corrected chi connectivity index (χ0v) is 14.0. The molecule has 1 atom stereocenters. The van der Waals surface area contributed by atoms with Crippen LogP contribution in [-0.4, -0.2) is 39.1 Å². The van der Waals surface area contributed by atoms with Crippen LogP contribution < -0.4 is 5.32 Å². The predicted molar refractivity (Wildman–Crippen MR) is 82.5 cm³/mol. The molecule has 0 aromatic carbocycles. The Morgan fingerprint density at radius 2 is 2.10 bits per heavy atom. The van der Waals surface area contributed by atoms with E-state index in [1.54, 1.807) is 38.3 Å². The monoisotopic (exact) mass is 313 g/mol. The number of rotatable bonds is 5. The molecule has 21 heavy (non-hydrogen) atoms. The highest BCUT2D eigenvalue weighted by molar-refractivity contribution is 7.11. The number of carbonyl (C=O) groups excluding carboxylic acids is 1. The summed E-state index contributed by atoms with van der Waals surface area (Å²) >= 11 is 1.56. The maximum Gasteiger partial charge on any atom is 0.323 e. The molecule has 2 N–H and O–H groups in total. The van der Waals surface area contributed by atoms with Crippen molar-refractivity contribution in [2.45, 2.75) is 52.6 Å². The maximum absolute atomic E-state index is 12.3. The minimum atomic E-state index is -1.03. The Morgan fingerprint density at radius 1 is 1.48 bits per heavy atom. The van der Waals surface area contributed by atoms with Crippen LogP contribution in [-0.2, 0) is 11.2 Å². The topological polar surface area (TPSA) is 82.5 Å². The van der Waals surface area contributed by atoms with E-state index in [1.807, 2.05) is 6.92 Å². The normalized spacial score (nSPS) is 12.8. The standard InChI is InChI=1S/C14H23N3O3S/c1-6-10-7-15-12(21-10)9(2)16-13(20)17(8-11(18)19)14(3,4)5/h7,9H,6,8H2,1-5H3,(H,16,20)(H,18,19). The number of amides is 2. The molecule has 1 unspecified atom stereocenters. The molecule has 2 amide bonds. The second-order valence-corrected chi connectivity index (χ2v) is 6.99. The molecule has 6 nitrogen and oxygen atoms in total. The van der Waals surface area contributed by atoms with Crippen LogP contribution in [0.4, 0.5) is 4.79 Å². The highest BCUT2D eigenvalue weighted by Crippen LogP contribution is 2.21. The number of nitrogens with one attached hydrogen (secondary N) is 1. The van der Waals surface area contributed by atoms with Gasteiger partial charge in [0.05, 0.1) is 6.04 Å². The average Bonchev–Trinajstić information content (AvgIpc) is 2.83. The summed E-state index contributed by atoms with van der Waals surface area (Å²) in [6.45, 7) is 8.98. The fraction of sp³-hybridized carbons (Fsp3) is 0.643. The predicted octanol–water partition coefficient (Wildman–Crippen LogP) is 2.66. The molecule has 1 aromatic rings. The van der Waals surface area contributed by atoms with Crippen LogP contribution in [0.3, 0.4) is 0 Å². The second-order valence-electron chi connectivity index (χ2n) is 5.84. The van der Waals surface area contributed by atoms with Crippen molar-refractivity contribution in [2.75, 3.05) is 6.54 Å². The summed E-state index contributed by atoms with van der Waals surface area (Å²) < 4.78 is 0. The van der Waals surface area contributed by atoms with Gasteiger partial charge in [-0.25, -0.2) is 9.78 Å². The van der Waals surface area contributed by atoms with E-state index in [0.29, 0.717) is 0 Å². The molecule has 7 heteroatoms. The van der Waals surface area contributed by atoms with Crippen LogP contribution in [0.5, 0.6) is 0 Å². The van der Waals surface area contributed by atoms with Crippen LogP contribution in [0.25, 0.3) is 0 Å². The molecule has 0 radical (unpaired) electrons. The Kier molecular flexibility index (Phi) is 5.71. The third-order valence-electron chi connectivity index (χ3n) is 2.98. The van der Waals surface area contributed by atoms with Gasteiger partial charge in [0.1, 0.15) is 11.6 Å². The van der Waals surface area contributed by atoms with E-state index < -0.39 is 17.5 Å². The molecule has 0 fully saturated rings. The molecule has 1 aromatic heterocycles. The van der Waals surface area contributed by atoms with Gasteiger partial charge < -0.3 is 15.3 Å². The number of nitrogens with zero attached hydrogens (tertiary/aromatic N) is 2. The third kappa shape index (κ3) is 5.00. The molecule has 0 spiro atoms. The summed E-state index contributed by atoms with van der Waals surface area (Å²) in [5.74, 6) is -1.03. The molecule has 118 valence electrons. The van der Waals surface area contributed by atoms with Crippen LogP contribution >= 0.6 is 11.3 Å². The first-order chi connectivity index (χ1) is 9.65. The van der Waals surface area contributed by atoms with E-state index in [-0.39, 0.29) is 12.6 Å². The summed E-state index contributed by atoms with van der Waals surface area (Å²) in [6.07, 6.45) is 2.72. The number of carboxylic acid groups (broad SMARTS) is 1. The molecular weight excluding hydrogens is 290 g/mol. The van der Waals surface area contributed by atoms with Gasteiger partial charge in [-0.15, -0.1) is 11.3 Å². The number of aryl methyl sites for hydroxylation is 1. The van der Waals surface area contributed by atoms with Gasteiger partial charge in [-0.2, -0.15) is 0 Å². The quantitative estimate of drug-likeness (QED) is 0.875. The Morgan fingerprint density at radius 3 is 2.52 bits per heavy atom. The zero-order chi connectivity index (χ0) is 16.2. The molecular formula is C14H23N3O3S. The molecule has 0 saturated heterocycles. The van der Waals surface area contributed by atoms with E-state index in [2.05, 4.69) is 17.2 Å². The number of hydrogen-bond acceptors (Lipinski definition) is 4. The first kappa shape index (κ1) is 17.4. The van der Waals surface area contributed by atoms with Gasteiger partial charge in [-0.1, -0.05) is 6.92 Å². The van der Waals surface area contributed by atoms with Crippen molar-refractivity contribution < 1.29 is 14.7 Å². The van der Waals surface area contributed by atoms with Crippen LogP contribution in [0.15, 0.2) is 6.20 Å². The highest BCUT2D eigenvalue weighted by Gasteiger charge is 2.29. The lowest BCUT2D eigenvalue weighted by Gasteiger charge is -2.35. The Balaban J connectivity index is 2.78.